The van der Waals surface area contributed by atoms with Crippen molar-refractivity contribution in [1.29, 1.82) is 0 Å². The van der Waals surface area contributed by atoms with Crippen LogP contribution in [-0.4, -0.2) is 23.8 Å². The maximum absolute atomic E-state index is 10.0. The fourth-order valence-corrected chi connectivity index (χ4v) is 2.38. The van der Waals surface area contributed by atoms with E-state index in [1.807, 2.05) is 0 Å². The molecule has 2 aliphatic rings. The Morgan fingerprint density at radius 1 is 1.38 bits per heavy atom. The molecule has 0 bridgehead atoms. The maximum atomic E-state index is 10.0. The lowest BCUT2D eigenvalue weighted by Crippen LogP contribution is -2.38. The van der Waals surface area contributed by atoms with Crippen LogP contribution in [0.4, 0.5) is 0 Å². The molecule has 0 aromatic rings. The Hall–Kier alpha value is -0.0800. The normalized spacial score (nSPS) is 36.5. The highest BCUT2D eigenvalue weighted by molar-refractivity contribution is 4.89. The maximum Gasteiger partial charge on any atom is 0.0771 e. The minimum absolute atomic E-state index is 0.363. The SMILES string of the molecule is CC1CC1CNCC1(O)CCCC1. The van der Waals surface area contributed by atoms with Crippen molar-refractivity contribution in [2.75, 3.05) is 13.1 Å². The summed E-state index contributed by atoms with van der Waals surface area (Å²) >= 11 is 0. The molecule has 0 aromatic heterocycles. The predicted octanol–water partition coefficient (Wildman–Crippen LogP) is 1.54. The van der Waals surface area contributed by atoms with Gasteiger partial charge in [0.15, 0.2) is 0 Å². The number of rotatable bonds is 4. The van der Waals surface area contributed by atoms with Crippen LogP contribution in [0.25, 0.3) is 0 Å². The zero-order valence-electron chi connectivity index (χ0n) is 8.55. The summed E-state index contributed by atoms with van der Waals surface area (Å²) in [6.07, 6.45) is 5.79. The Bertz CT molecular complexity index is 175. The largest absolute Gasteiger partial charge is 0.389 e. The van der Waals surface area contributed by atoms with Crippen LogP contribution in [-0.2, 0) is 0 Å². The van der Waals surface area contributed by atoms with E-state index in [4.69, 9.17) is 0 Å². The van der Waals surface area contributed by atoms with Gasteiger partial charge in [0.1, 0.15) is 0 Å². The molecule has 0 aliphatic heterocycles. The van der Waals surface area contributed by atoms with E-state index in [0.29, 0.717) is 0 Å². The smallest absolute Gasteiger partial charge is 0.0771 e. The Labute approximate surface area is 80.7 Å². The van der Waals surface area contributed by atoms with Crippen molar-refractivity contribution >= 4 is 0 Å². The molecule has 0 radical (unpaired) electrons. The van der Waals surface area contributed by atoms with Crippen molar-refractivity contribution in [3.63, 3.8) is 0 Å². The first kappa shape index (κ1) is 9.47. The average Bonchev–Trinajstić information content (AvgIpc) is 2.62. The Morgan fingerprint density at radius 3 is 2.54 bits per heavy atom. The molecule has 2 rings (SSSR count). The molecule has 0 aromatic carbocycles. The molecule has 76 valence electrons. The molecule has 2 atom stereocenters. The first-order valence-corrected chi connectivity index (χ1v) is 5.63. The van der Waals surface area contributed by atoms with E-state index in [1.165, 1.54) is 19.3 Å². The van der Waals surface area contributed by atoms with Gasteiger partial charge in [0.05, 0.1) is 5.60 Å². The van der Waals surface area contributed by atoms with Gasteiger partial charge in [-0.2, -0.15) is 0 Å². The molecular weight excluding hydrogens is 162 g/mol. The third-order valence-corrected chi connectivity index (χ3v) is 3.67. The molecule has 2 nitrogen and oxygen atoms in total. The number of nitrogens with one attached hydrogen (secondary N) is 1. The summed E-state index contributed by atoms with van der Waals surface area (Å²) in [6, 6.07) is 0. The second-order valence-corrected chi connectivity index (χ2v) is 5.04. The van der Waals surface area contributed by atoms with E-state index in [0.717, 1.165) is 37.8 Å². The zero-order chi connectivity index (χ0) is 9.31. The van der Waals surface area contributed by atoms with Crippen molar-refractivity contribution in [1.82, 2.24) is 5.32 Å². The van der Waals surface area contributed by atoms with Gasteiger partial charge < -0.3 is 10.4 Å². The minimum Gasteiger partial charge on any atom is -0.389 e. The van der Waals surface area contributed by atoms with E-state index >= 15 is 0 Å². The summed E-state index contributed by atoms with van der Waals surface area (Å²) in [7, 11) is 0. The van der Waals surface area contributed by atoms with Crippen molar-refractivity contribution < 1.29 is 5.11 Å². The van der Waals surface area contributed by atoms with Gasteiger partial charge >= 0.3 is 0 Å². The van der Waals surface area contributed by atoms with Gasteiger partial charge in [-0.15, -0.1) is 0 Å². The third-order valence-electron chi connectivity index (χ3n) is 3.67. The van der Waals surface area contributed by atoms with Gasteiger partial charge in [-0.1, -0.05) is 19.8 Å². The van der Waals surface area contributed by atoms with Crippen molar-refractivity contribution in [3.8, 4) is 0 Å². The molecule has 0 spiro atoms. The van der Waals surface area contributed by atoms with Gasteiger partial charge in [0, 0.05) is 6.54 Å². The van der Waals surface area contributed by atoms with Crippen LogP contribution in [0.2, 0.25) is 0 Å². The first-order valence-electron chi connectivity index (χ1n) is 5.63. The fourth-order valence-electron chi connectivity index (χ4n) is 2.38. The lowest BCUT2D eigenvalue weighted by Gasteiger charge is -2.22. The molecule has 13 heavy (non-hydrogen) atoms. The second-order valence-electron chi connectivity index (χ2n) is 5.04. The van der Waals surface area contributed by atoms with Crippen LogP contribution in [0, 0.1) is 11.8 Å². The van der Waals surface area contributed by atoms with Crippen LogP contribution in [0.3, 0.4) is 0 Å². The van der Waals surface area contributed by atoms with Gasteiger partial charge in [0.25, 0.3) is 0 Å². The highest BCUT2D eigenvalue weighted by atomic mass is 16.3. The number of hydrogen-bond donors (Lipinski definition) is 2. The average molecular weight is 183 g/mol. The Kier molecular flexibility index (Phi) is 2.61. The molecule has 2 fully saturated rings. The fraction of sp³-hybridized carbons (Fsp3) is 1.00. The summed E-state index contributed by atoms with van der Waals surface area (Å²) in [5.74, 6) is 1.82. The first-order chi connectivity index (χ1) is 6.20. The summed E-state index contributed by atoms with van der Waals surface area (Å²) in [5, 5.41) is 13.4. The van der Waals surface area contributed by atoms with Crippen molar-refractivity contribution in [3.05, 3.63) is 0 Å². The molecule has 0 saturated heterocycles. The van der Waals surface area contributed by atoms with E-state index in [9.17, 15) is 5.11 Å². The van der Waals surface area contributed by atoms with E-state index in [2.05, 4.69) is 12.2 Å². The summed E-state index contributed by atoms with van der Waals surface area (Å²) in [6.45, 7) is 4.23. The Balaban J connectivity index is 1.61. The van der Waals surface area contributed by atoms with Crippen molar-refractivity contribution in [2.45, 2.75) is 44.6 Å². The highest BCUT2D eigenvalue weighted by Gasteiger charge is 2.34. The van der Waals surface area contributed by atoms with Gasteiger partial charge in [-0.25, -0.2) is 0 Å². The molecule has 2 N–H and O–H groups in total. The highest BCUT2D eigenvalue weighted by Crippen LogP contribution is 2.37. The minimum atomic E-state index is -0.363. The monoisotopic (exact) mass is 183 g/mol. The van der Waals surface area contributed by atoms with Gasteiger partial charge in [-0.05, 0) is 37.6 Å². The van der Waals surface area contributed by atoms with E-state index in [1.54, 1.807) is 0 Å². The molecule has 0 heterocycles. The summed E-state index contributed by atoms with van der Waals surface area (Å²) < 4.78 is 0. The van der Waals surface area contributed by atoms with Gasteiger partial charge in [0.2, 0.25) is 0 Å². The van der Waals surface area contributed by atoms with E-state index < -0.39 is 0 Å². The zero-order valence-corrected chi connectivity index (χ0v) is 8.55. The van der Waals surface area contributed by atoms with Crippen molar-refractivity contribution in [2.24, 2.45) is 11.8 Å². The third kappa shape index (κ3) is 2.44. The summed E-state index contributed by atoms with van der Waals surface area (Å²) in [4.78, 5) is 0. The standard InChI is InChI=1S/C11H21NO/c1-9-6-10(9)7-12-8-11(13)4-2-3-5-11/h9-10,12-13H,2-8H2,1H3. The van der Waals surface area contributed by atoms with Crippen LogP contribution in [0.5, 0.6) is 0 Å². The summed E-state index contributed by atoms with van der Waals surface area (Å²) in [5.41, 5.74) is -0.363. The molecule has 2 saturated carbocycles. The molecule has 2 aliphatic carbocycles. The molecule has 2 heteroatoms. The Morgan fingerprint density at radius 2 is 2.00 bits per heavy atom. The molecule has 2 unspecified atom stereocenters. The lowest BCUT2D eigenvalue weighted by molar-refractivity contribution is 0.0476. The van der Waals surface area contributed by atoms with E-state index in [-0.39, 0.29) is 5.60 Å². The number of aliphatic hydroxyl groups is 1. The van der Waals surface area contributed by atoms with Gasteiger partial charge in [-0.3, -0.25) is 0 Å². The van der Waals surface area contributed by atoms with Crippen LogP contribution in [0.1, 0.15) is 39.0 Å². The number of hydrogen-bond acceptors (Lipinski definition) is 2. The predicted molar refractivity (Wildman–Crippen MR) is 53.6 cm³/mol. The van der Waals surface area contributed by atoms with Crippen LogP contribution < -0.4 is 5.32 Å². The quantitative estimate of drug-likeness (QED) is 0.693. The molecular formula is C11H21NO. The second kappa shape index (κ2) is 3.58. The molecule has 0 amide bonds. The van der Waals surface area contributed by atoms with Crippen LogP contribution >= 0.6 is 0 Å². The lowest BCUT2D eigenvalue weighted by atomic mass is 10.0. The van der Waals surface area contributed by atoms with Crippen LogP contribution in [0.15, 0.2) is 0 Å². The topological polar surface area (TPSA) is 32.3 Å².